The highest BCUT2D eigenvalue weighted by Gasteiger charge is 2.38. The molecule has 2 unspecified atom stereocenters. The summed E-state index contributed by atoms with van der Waals surface area (Å²) in [5.41, 5.74) is 0.0553. The van der Waals surface area contributed by atoms with E-state index in [0.717, 1.165) is 16.5 Å². The fourth-order valence-electron chi connectivity index (χ4n) is 1.98. The van der Waals surface area contributed by atoms with Crippen LogP contribution in [0.1, 0.15) is 39.7 Å². The van der Waals surface area contributed by atoms with E-state index in [9.17, 15) is 4.79 Å². The second-order valence-electron chi connectivity index (χ2n) is 4.78. The summed E-state index contributed by atoms with van der Waals surface area (Å²) in [6.07, 6.45) is 0.944. The van der Waals surface area contributed by atoms with Gasteiger partial charge in [-0.3, -0.25) is 5.32 Å². The van der Waals surface area contributed by atoms with Crippen LogP contribution in [0.5, 0.6) is 0 Å². The van der Waals surface area contributed by atoms with Crippen LogP contribution in [0.4, 0.5) is 0 Å². The second-order valence-corrected chi connectivity index (χ2v) is 5.63. The van der Waals surface area contributed by atoms with Gasteiger partial charge in [0.1, 0.15) is 5.54 Å². The number of carbonyl (C=O) groups is 1. The molecule has 0 aromatic heterocycles. The molecule has 1 rings (SSSR count). The van der Waals surface area contributed by atoms with Crippen molar-refractivity contribution in [2.24, 2.45) is 0 Å². The summed E-state index contributed by atoms with van der Waals surface area (Å²) in [6, 6.07) is 7.96. The minimum Gasteiger partial charge on any atom is -0.464 e. The first-order valence-electron chi connectivity index (χ1n) is 6.65. The standard InChI is InChI=1S/C15H22BrNO2/c1-5-11(3)17-15(4,14(18)19-6-2)12-9-7-8-10-13(12)16/h7-11,17H,5-6H2,1-4H3. The Morgan fingerprint density at radius 2 is 2.05 bits per heavy atom. The fourth-order valence-corrected chi connectivity index (χ4v) is 2.66. The number of halogens is 1. The van der Waals surface area contributed by atoms with E-state index >= 15 is 0 Å². The molecule has 0 saturated heterocycles. The van der Waals surface area contributed by atoms with Crippen LogP contribution < -0.4 is 5.32 Å². The zero-order valence-corrected chi connectivity index (χ0v) is 13.6. The molecule has 0 bridgehead atoms. The Morgan fingerprint density at radius 1 is 1.42 bits per heavy atom. The van der Waals surface area contributed by atoms with E-state index in [2.05, 4.69) is 35.1 Å². The van der Waals surface area contributed by atoms with Gasteiger partial charge in [-0.1, -0.05) is 41.1 Å². The van der Waals surface area contributed by atoms with E-state index in [4.69, 9.17) is 4.74 Å². The van der Waals surface area contributed by atoms with Crippen LogP contribution in [-0.4, -0.2) is 18.6 Å². The molecule has 0 fully saturated rings. The summed E-state index contributed by atoms with van der Waals surface area (Å²) in [7, 11) is 0. The molecular formula is C15H22BrNO2. The monoisotopic (exact) mass is 327 g/mol. The van der Waals surface area contributed by atoms with Gasteiger partial charge in [0.25, 0.3) is 0 Å². The third-order valence-electron chi connectivity index (χ3n) is 3.24. The lowest BCUT2D eigenvalue weighted by Crippen LogP contribution is -2.51. The maximum atomic E-state index is 12.4. The maximum Gasteiger partial charge on any atom is 0.330 e. The molecule has 1 N–H and O–H groups in total. The van der Waals surface area contributed by atoms with Gasteiger partial charge in [0.2, 0.25) is 0 Å². The van der Waals surface area contributed by atoms with E-state index < -0.39 is 5.54 Å². The molecular weight excluding hydrogens is 306 g/mol. The molecule has 3 nitrogen and oxygen atoms in total. The summed E-state index contributed by atoms with van der Waals surface area (Å²) in [5.74, 6) is -0.248. The van der Waals surface area contributed by atoms with Crippen molar-refractivity contribution in [2.45, 2.75) is 45.7 Å². The molecule has 1 aromatic rings. The third kappa shape index (κ3) is 3.80. The predicted molar refractivity (Wildman–Crippen MR) is 81.0 cm³/mol. The van der Waals surface area contributed by atoms with Gasteiger partial charge in [-0.25, -0.2) is 4.79 Å². The molecule has 4 heteroatoms. The van der Waals surface area contributed by atoms with Crippen LogP contribution >= 0.6 is 15.9 Å². The number of rotatable bonds is 6. The average Bonchev–Trinajstić information content (AvgIpc) is 2.39. The Hall–Kier alpha value is -0.870. The van der Waals surface area contributed by atoms with Crippen LogP contribution in [0.15, 0.2) is 28.7 Å². The molecule has 0 aliphatic carbocycles. The van der Waals surface area contributed by atoms with Crippen LogP contribution in [0, 0.1) is 0 Å². The number of hydrogen-bond acceptors (Lipinski definition) is 3. The molecule has 2 atom stereocenters. The molecule has 1 aromatic carbocycles. The van der Waals surface area contributed by atoms with Crippen LogP contribution in [-0.2, 0) is 15.1 Å². The van der Waals surface area contributed by atoms with E-state index in [-0.39, 0.29) is 12.0 Å². The lowest BCUT2D eigenvalue weighted by molar-refractivity contribution is -0.151. The maximum absolute atomic E-state index is 12.4. The lowest BCUT2D eigenvalue weighted by Gasteiger charge is -2.32. The predicted octanol–water partition coefficient (Wildman–Crippen LogP) is 3.62. The highest BCUT2D eigenvalue weighted by atomic mass is 79.9. The molecule has 19 heavy (non-hydrogen) atoms. The first kappa shape index (κ1) is 16.2. The van der Waals surface area contributed by atoms with Crippen molar-refractivity contribution in [1.29, 1.82) is 0 Å². The molecule has 0 aliphatic heterocycles. The number of hydrogen-bond donors (Lipinski definition) is 1. The van der Waals surface area contributed by atoms with Gasteiger partial charge in [0.05, 0.1) is 6.61 Å². The summed E-state index contributed by atoms with van der Waals surface area (Å²) in [6.45, 7) is 8.22. The number of ether oxygens (including phenoxy) is 1. The van der Waals surface area contributed by atoms with Gasteiger partial charge in [0.15, 0.2) is 0 Å². The molecule has 0 aliphatic rings. The average molecular weight is 328 g/mol. The minimum atomic E-state index is -0.842. The topological polar surface area (TPSA) is 38.3 Å². The largest absolute Gasteiger partial charge is 0.464 e. The first-order valence-corrected chi connectivity index (χ1v) is 7.44. The second kappa shape index (κ2) is 7.06. The van der Waals surface area contributed by atoms with Crippen molar-refractivity contribution in [3.63, 3.8) is 0 Å². The number of nitrogens with one attached hydrogen (secondary N) is 1. The summed E-state index contributed by atoms with van der Waals surface area (Å²) >= 11 is 3.52. The van der Waals surface area contributed by atoms with Crippen molar-refractivity contribution in [3.05, 3.63) is 34.3 Å². The highest BCUT2D eigenvalue weighted by molar-refractivity contribution is 9.10. The van der Waals surface area contributed by atoms with Crippen LogP contribution in [0.25, 0.3) is 0 Å². The Morgan fingerprint density at radius 3 is 2.58 bits per heavy atom. The zero-order chi connectivity index (χ0) is 14.5. The van der Waals surface area contributed by atoms with Crippen molar-refractivity contribution in [3.8, 4) is 0 Å². The number of carbonyl (C=O) groups excluding carboxylic acids is 1. The van der Waals surface area contributed by atoms with Gasteiger partial charge >= 0.3 is 5.97 Å². The smallest absolute Gasteiger partial charge is 0.330 e. The Labute approximate surface area is 123 Å². The van der Waals surface area contributed by atoms with E-state index in [1.165, 1.54) is 0 Å². The zero-order valence-electron chi connectivity index (χ0n) is 12.0. The fraction of sp³-hybridized carbons (Fsp3) is 0.533. The molecule has 0 spiro atoms. The van der Waals surface area contributed by atoms with Gasteiger partial charge in [-0.15, -0.1) is 0 Å². The van der Waals surface area contributed by atoms with Crippen molar-refractivity contribution in [1.82, 2.24) is 5.32 Å². The van der Waals surface area contributed by atoms with Gasteiger partial charge in [-0.2, -0.15) is 0 Å². The molecule has 0 heterocycles. The Bertz CT molecular complexity index is 436. The quantitative estimate of drug-likeness (QED) is 0.811. The third-order valence-corrected chi connectivity index (χ3v) is 3.94. The van der Waals surface area contributed by atoms with Gasteiger partial charge in [0, 0.05) is 10.5 Å². The first-order chi connectivity index (χ1) is 8.95. The van der Waals surface area contributed by atoms with Crippen molar-refractivity contribution < 1.29 is 9.53 Å². The van der Waals surface area contributed by atoms with E-state index in [1.807, 2.05) is 38.1 Å². The highest BCUT2D eigenvalue weighted by Crippen LogP contribution is 2.30. The Balaban J connectivity index is 3.18. The summed E-state index contributed by atoms with van der Waals surface area (Å²) in [4.78, 5) is 12.4. The minimum absolute atomic E-state index is 0.224. The SMILES string of the molecule is CCOC(=O)C(C)(NC(C)CC)c1ccccc1Br. The van der Waals surface area contributed by atoms with Crippen molar-refractivity contribution in [2.75, 3.05) is 6.61 Å². The van der Waals surface area contributed by atoms with E-state index in [0.29, 0.717) is 6.61 Å². The summed E-state index contributed by atoms with van der Waals surface area (Å²) in [5, 5.41) is 3.38. The Kier molecular flexibility index (Phi) is 6.01. The molecule has 0 amide bonds. The van der Waals surface area contributed by atoms with Gasteiger partial charge in [-0.05, 0) is 38.8 Å². The molecule has 106 valence electrons. The molecule has 0 radical (unpaired) electrons. The molecule has 0 saturated carbocycles. The van der Waals surface area contributed by atoms with Crippen molar-refractivity contribution >= 4 is 21.9 Å². The van der Waals surface area contributed by atoms with Crippen LogP contribution in [0.3, 0.4) is 0 Å². The van der Waals surface area contributed by atoms with Crippen LogP contribution in [0.2, 0.25) is 0 Å². The number of esters is 1. The number of benzene rings is 1. The normalized spacial score (nSPS) is 15.6. The summed E-state index contributed by atoms with van der Waals surface area (Å²) < 4.78 is 6.14. The van der Waals surface area contributed by atoms with E-state index in [1.54, 1.807) is 0 Å². The van der Waals surface area contributed by atoms with Gasteiger partial charge < -0.3 is 4.74 Å². The lowest BCUT2D eigenvalue weighted by atomic mass is 9.90.